The predicted molar refractivity (Wildman–Crippen MR) is 73.0 cm³/mol. The Morgan fingerprint density at radius 3 is 1.56 bits per heavy atom. The first-order valence-corrected chi connectivity index (χ1v) is 6.18. The third-order valence-electron chi connectivity index (χ3n) is 2.44. The van der Waals surface area contributed by atoms with E-state index in [0.717, 1.165) is 0 Å². The van der Waals surface area contributed by atoms with Crippen molar-refractivity contribution in [3.63, 3.8) is 0 Å². The molecule has 1 rings (SSSR count). The molecule has 1 heterocycles. The van der Waals surface area contributed by atoms with Crippen molar-refractivity contribution < 1.29 is 0 Å². The van der Waals surface area contributed by atoms with Gasteiger partial charge >= 0.3 is 0 Å². The Bertz CT molecular complexity index is 280. The molecule has 0 atom stereocenters. The molecule has 1 nitrogen and oxygen atoms in total. The molecule has 0 bridgehead atoms. The Morgan fingerprint density at radius 2 is 1.25 bits per heavy atom. The van der Waals surface area contributed by atoms with Crippen LogP contribution in [0.5, 0.6) is 0 Å². The van der Waals surface area contributed by atoms with Crippen molar-refractivity contribution in [1.29, 1.82) is 0 Å². The van der Waals surface area contributed by atoms with Gasteiger partial charge in [0, 0.05) is 12.4 Å². The Hall–Kier alpha value is -0.850. The average molecular weight is 221 g/mol. The van der Waals surface area contributed by atoms with E-state index in [0.29, 0.717) is 0 Å². The Morgan fingerprint density at radius 1 is 0.812 bits per heavy atom. The van der Waals surface area contributed by atoms with Crippen LogP contribution in [0.15, 0.2) is 18.5 Å². The Labute approximate surface area is 101 Å². The molecule has 0 N–H and O–H groups in total. The lowest BCUT2D eigenvalue weighted by Crippen LogP contribution is -2.22. The molecule has 0 unspecified atom stereocenters. The van der Waals surface area contributed by atoms with Crippen LogP contribution < -0.4 is 0 Å². The number of hydrogen-bond donors (Lipinski definition) is 0. The van der Waals surface area contributed by atoms with E-state index in [2.05, 4.69) is 52.6 Å². The van der Waals surface area contributed by atoms with Crippen LogP contribution in [0.2, 0.25) is 0 Å². The SMILES string of the molecule is CC.CC(C)(C)c1ccncc1C(C)(C)C. The van der Waals surface area contributed by atoms with Gasteiger partial charge in [-0.3, -0.25) is 4.98 Å². The molecule has 0 saturated heterocycles. The molecule has 0 aromatic carbocycles. The highest BCUT2D eigenvalue weighted by atomic mass is 14.6. The maximum Gasteiger partial charge on any atom is 0.0308 e. The van der Waals surface area contributed by atoms with E-state index in [1.165, 1.54) is 11.1 Å². The lowest BCUT2D eigenvalue weighted by atomic mass is 9.76. The van der Waals surface area contributed by atoms with E-state index < -0.39 is 0 Å². The number of pyridine rings is 1. The fourth-order valence-corrected chi connectivity index (χ4v) is 1.65. The molecular formula is C15H27N. The van der Waals surface area contributed by atoms with E-state index in [1.807, 2.05) is 26.2 Å². The summed E-state index contributed by atoms with van der Waals surface area (Å²) in [6.45, 7) is 17.4. The molecule has 1 heteroatoms. The molecule has 0 aliphatic carbocycles. The number of hydrogen-bond acceptors (Lipinski definition) is 1. The van der Waals surface area contributed by atoms with E-state index in [9.17, 15) is 0 Å². The summed E-state index contributed by atoms with van der Waals surface area (Å²) in [5.74, 6) is 0. The highest BCUT2D eigenvalue weighted by Gasteiger charge is 2.24. The molecule has 0 radical (unpaired) electrons. The van der Waals surface area contributed by atoms with Crippen LogP contribution in [0.1, 0.15) is 66.5 Å². The average Bonchev–Trinajstić information content (AvgIpc) is 2.18. The molecule has 92 valence electrons. The summed E-state index contributed by atoms with van der Waals surface area (Å²) in [6, 6.07) is 2.14. The quantitative estimate of drug-likeness (QED) is 0.618. The second-order valence-corrected chi connectivity index (χ2v) is 5.92. The van der Waals surface area contributed by atoms with Crippen LogP contribution in [0.25, 0.3) is 0 Å². The van der Waals surface area contributed by atoms with Gasteiger partial charge in [0.25, 0.3) is 0 Å². The van der Waals surface area contributed by atoms with Crippen LogP contribution in [0.4, 0.5) is 0 Å². The molecular weight excluding hydrogens is 194 g/mol. The first-order chi connectivity index (χ1) is 7.23. The summed E-state index contributed by atoms with van der Waals surface area (Å²) in [4.78, 5) is 4.23. The van der Waals surface area contributed by atoms with Crippen LogP contribution in [0.3, 0.4) is 0 Å². The fourth-order valence-electron chi connectivity index (χ4n) is 1.65. The van der Waals surface area contributed by atoms with Gasteiger partial charge in [-0.15, -0.1) is 0 Å². The molecule has 1 aromatic rings. The largest absolute Gasteiger partial charge is 0.264 e. The van der Waals surface area contributed by atoms with Crippen LogP contribution in [0, 0.1) is 0 Å². The second-order valence-electron chi connectivity index (χ2n) is 5.92. The van der Waals surface area contributed by atoms with E-state index in [4.69, 9.17) is 0 Å². The van der Waals surface area contributed by atoms with Gasteiger partial charge < -0.3 is 0 Å². The van der Waals surface area contributed by atoms with E-state index >= 15 is 0 Å². The van der Waals surface area contributed by atoms with Crippen molar-refractivity contribution in [2.24, 2.45) is 0 Å². The zero-order valence-electron chi connectivity index (χ0n) is 12.2. The first-order valence-electron chi connectivity index (χ1n) is 6.18. The van der Waals surface area contributed by atoms with Crippen molar-refractivity contribution in [2.75, 3.05) is 0 Å². The molecule has 0 aliphatic rings. The number of rotatable bonds is 0. The molecule has 0 aliphatic heterocycles. The van der Waals surface area contributed by atoms with Crippen molar-refractivity contribution in [2.45, 2.75) is 66.2 Å². The van der Waals surface area contributed by atoms with Crippen molar-refractivity contribution in [3.8, 4) is 0 Å². The minimum Gasteiger partial charge on any atom is -0.264 e. The lowest BCUT2D eigenvalue weighted by Gasteiger charge is -2.29. The third kappa shape index (κ3) is 3.96. The summed E-state index contributed by atoms with van der Waals surface area (Å²) in [7, 11) is 0. The van der Waals surface area contributed by atoms with Gasteiger partial charge in [0.1, 0.15) is 0 Å². The molecule has 1 aromatic heterocycles. The number of nitrogens with zero attached hydrogens (tertiary/aromatic N) is 1. The van der Waals surface area contributed by atoms with E-state index in [1.54, 1.807) is 0 Å². The van der Waals surface area contributed by atoms with Gasteiger partial charge in [-0.2, -0.15) is 0 Å². The van der Waals surface area contributed by atoms with Crippen molar-refractivity contribution >= 4 is 0 Å². The first kappa shape index (κ1) is 15.2. The molecule has 0 saturated carbocycles. The molecule has 16 heavy (non-hydrogen) atoms. The third-order valence-corrected chi connectivity index (χ3v) is 2.44. The van der Waals surface area contributed by atoms with Crippen molar-refractivity contribution in [1.82, 2.24) is 4.98 Å². The minimum absolute atomic E-state index is 0.177. The van der Waals surface area contributed by atoms with Crippen LogP contribution in [-0.2, 0) is 10.8 Å². The normalized spacial score (nSPS) is 11.8. The summed E-state index contributed by atoms with van der Waals surface area (Å²) in [6.07, 6.45) is 3.89. The standard InChI is InChI=1S/C13H21N.C2H6/c1-12(2,3)10-7-8-14-9-11(10)13(4,5)6;1-2/h7-9H,1-6H3;1-2H3. The highest BCUT2D eigenvalue weighted by molar-refractivity contribution is 5.34. The van der Waals surface area contributed by atoms with Gasteiger partial charge in [0.05, 0.1) is 0 Å². The summed E-state index contributed by atoms with van der Waals surface area (Å²) >= 11 is 0. The van der Waals surface area contributed by atoms with Crippen LogP contribution in [-0.4, -0.2) is 4.98 Å². The Balaban J connectivity index is 0.00000106. The summed E-state index contributed by atoms with van der Waals surface area (Å²) in [5, 5.41) is 0. The summed E-state index contributed by atoms with van der Waals surface area (Å²) in [5.41, 5.74) is 3.13. The molecule has 0 fully saturated rings. The maximum atomic E-state index is 4.23. The monoisotopic (exact) mass is 221 g/mol. The van der Waals surface area contributed by atoms with Gasteiger partial charge in [-0.1, -0.05) is 55.4 Å². The van der Waals surface area contributed by atoms with Gasteiger partial charge in [-0.05, 0) is 28.0 Å². The zero-order valence-corrected chi connectivity index (χ0v) is 12.2. The lowest BCUT2D eigenvalue weighted by molar-refractivity contribution is 0.527. The van der Waals surface area contributed by atoms with Gasteiger partial charge in [-0.25, -0.2) is 0 Å². The maximum absolute atomic E-state index is 4.23. The Kier molecular flexibility index (Phi) is 5.18. The van der Waals surface area contributed by atoms with Crippen molar-refractivity contribution in [3.05, 3.63) is 29.6 Å². The van der Waals surface area contributed by atoms with Gasteiger partial charge in [0.2, 0.25) is 0 Å². The van der Waals surface area contributed by atoms with Gasteiger partial charge in [0.15, 0.2) is 0 Å². The molecule has 0 amide bonds. The minimum atomic E-state index is 0.177. The number of aromatic nitrogens is 1. The zero-order chi connectivity index (χ0) is 13.0. The highest BCUT2D eigenvalue weighted by Crippen LogP contribution is 2.32. The summed E-state index contributed by atoms with van der Waals surface area (Å²) < 4.78 is 0. The second kappa shape index (κ2) is 5.47. The smallest absolute Gasteiger partial charge is 0.0308 e. The fraction of sp³-hybridized carbons (Fsp3) is 0.667. The van der Waals surface area contributed by atoms with Crippen LogP contribution >= 0.6 is 0 Å². The molecule has 0 spiro atoms. The predicted octanol–water partition coefficient (Wildman–Crippen LogP) is 4.70. The topological polar surface area (TPSA) is 12.9 Å². The van der Waals surface area contributed by atoms with E-state index in [-0.39, 0.29) is 10.8 Å².